The summed E-state index contributed by atoms with van der Waals surface area (Å²) in [6.45, 7) is 4.02. The molecule has 86 valence electrons. The van der Waals surface area contributed by atoms with Crippen LogP contribution in [0.3, 0.4) is 0 Å². The van der Waals surface area contributed by atoms with E-state index in [1.54, 1.807) is 0 Å². The van der Waals surface area contributed by atoms with Crippen molar-refractivity contribution in [2.45, 2.75) is 13.8 Å². The molecule has 2 heterocycles. The lowest BCUT2D eigenvalue weighted by Gasteiger charge is -2.03. The second-order valence-electron chi connectivity index (χ2n) is 4.49. The molecule has 0 fully saturated rings. The number of nitrogens with zero attached hydrogens (tertiary/aromatic N) is 3. The van der Waals surface area contributed by atoms with E-state index in [4.69, 9.17) is 7.98 Å². The highest BCUT2D eigenvalue weighted by Gasteiger charge is 2.07. The summed E-state index contributed by atoms with van der Waals surface area (Å²) in [7, 11) is 5.73. The molecule has 0 saturated carbocycles. The van der Waals surface area contributed by atoms with Crippen LogP contribution in [0.2, 0.25) is 0 Å². The first kappa shape index (κ1) is 11.0. The van der Waals surface area contributed by atoms with Crippen LogP contribution in [0.1, 0.15) is 11.3 Å². The van der Waals surface area contributed by atoms with Gasteiger partial charge in [-0.15, -0.1) is 0 Å². The number of fused-ring (bicyclic) bond motifs is 1. The van der Waals surface area contributed by atoms with Crippen molar-refractivity contribution >= 4 is 19.0 Å². The molecule has 0 atom stereocenters. The van der Waals surface area contributed by atoms with Gasteiger partial charge in [0.25, 0.3) is 7.98 Å². The van der Waals surface area contributed by atoms with Crippen LogP contribution in [0.4, 0.5) is 0 Å². The number of benzene rings is 1. The Balaban J connectivity index is 2.22. The van der Waals surface area contributed by atoms with Crippen LogP contribution in [0.5, 0.6) is 0 Å². The Kier molecular flexibility index (Phi) is 2.44. The first-order valence-electron chi connectivity index (χ1n) is 5.82. The fourth-order valence-corrected chi connectivity index (χ4v) is 2.15. The third-order valence-electron chi connectivity index (χ3n) is 3.08. The zero-order valence-electron chi connectivity index (χ0n) is 10.4. The molecule has 0 aliphatic rings. The molecular formula is C14H12BN3. The SMILES string of the molecule is [B]n1nc(C)c2cc(-c3cccc(C)c3)cnc21. The van der Waals surface area contributed by atoms with E-state index in [1.807, 2.05) is 19.2 Å². The maximum atomic E-state index is 5.73. The van der Waals surface area contributed by atoms with E-state index in [0.717, 1.165) is 22.2 Å². The number of pyridine rings is 1. The fourth-order valence-electron chi connectivity index (χ4n) is 2.15. The quantitative estimate of drug-likeness (QED) is 0.605. The van der Waals surface area contributed by atoms with Gasteiger partial charge in [0.1, 0.15) is 5.65 Å². The van der Waals surface area contributed by atoms with Crippen LogP contribution < -0.4 is 0 Å². The molecule has 2 radical (unpaired) electrons. The van der Waals surface area contributed by atoms with Gasteiger partial charge in [-0.25, -0.2) is 4.98 Å². The molecule has 3 nitrogen and oxygen atoms in total. The second kappa shape index (κ2) is 3.98. The van der Waals surface area contributed by atoms with E-state index in [9.17, 15) is 0 Å². The fraction of sp³-hybridized carbons (Fsp3) is 0.143. The second-order valence-corrected chi connectivity index (χ2v) is 4.49. The van der Waals surface area contributed by atoms with Gasteiger partial charge in [-0.05, 0) is 25.5 Å². The maximum absolute atomic E-state index is 5.73. The monoisotopic (exact) mass is 233 g/mol. The lowest BCUT2D eigenvalue weighted by molar-refractivity contribution is 0.974. The molecule has 18 heavy (non-hydrogen) atoms. The molecule has 1 aromatic carbocycles. The predicted molar refractivity (Wildman–Crippen MR) is 73.6 cm³/mol. The Morgan fingerprint density at radius 1 is 1.11 bits per heavy atom. The highest BCUT2D eigenvalue weighted by Crippen LogP contribution is 2.24. The number of aromatic nitrogens is 3. The maximum Gasteiger partial charge on any atom is 0.267 e. The number of aryl methyl sites for hydroxylation is 2. The van der Waals surface area contributed by atoms with Crippen molar-refractivity contribution in [1.82, 2.24) is 14.7 Å². The van der Waals surface area contributed by atoms with Gasteiger partial charge in [0, 0.05) is 17.1 Å². The van der Waals surface area contributed by atoms with E-state index in [2.05, 4.69) is 41.3 Å². The standard InChI is InChI=1S/C14H12BN3/c1-9-4-3-5-11(6-9)12-7-13-10(2)17-18(15)14(13)16-8-12/h3-8H,1-2H3. The van der Waals surface area contributed by atoms with E-state index >= 15 is 0 Å². The molecule has 0 aliphatic heterocycles. The van der Waals surface area contributed by atoms with Gasteiger partial charge >= 0.3 is 0 Å². The zero-order chi connectivity index (χ0) is 12.7. The van der Waals surface area contributed by atoms with Crippen LogP contribution in [-0.2, 0) is 0 Å². The van der Waals surface area contributed by atoms with Gasteiger partial charge in [-0.1, -0.05) is 29.8 Å². The van der Waals surface area contributed by atoms with Crippen molar-refractivity contribution in [1.29, 1.82) is 0 Å². The molecule has 0 spiro atoms. The Hall–Kier alpha value is -2.10. The number of hydrogen-bond acceptors (Lipinski definition) is 2. The van der Waals surface area contributed by atoms with Crippen molar-refractivity contribution in [3.8, 4) is 11.1 Å². The molecule has 2 aromatic heterocycles. The highest BCUT2D eigenvalue weighted by molar-refractivity contribution is 6.10. The summed E-state index contributed by atoms with van der Waals surface area (Å²) in [5.41, 5.74) is 5.09. The first-order valence-corrected chi connectivity index (χ1v) is 5.82. The van der Waals surface area contributed by atoms with Crippen LogP contribution in [0.15, 0.2) is 36.5 Å². The van der Waals surface area contributed by atoms with E-state index < -0.39 is 0 Å². The number of rotatable bonds is 1. The molecule has 3 aromatic rings. The molecule has 4 heteroatoms. The molecule has 0 N–H and O–H groups in total. The predicted octanol–water partition coefficient (Wildman–Crippen LogP) is 2.65. The Bertz CT molecular complexity index is 731. The number of hydrogen-bond donors (Lipinski definition) is 0. The summed E-state index contributed by atoms with van der Waals surface area (Å²) >= 11 is 0. The first-order chi connectivity index (χ1) is 8.65. The van der Waals surface area contributed by atoms with Gasteiger partial charge in [-0.2, -0.15) is 5.10 Å². The van der Waals surface area contributed by atoms with Crippen LogP contribution in [0.25, 0.3) is 22.2 Å². The summed E-state index contributed by atoms with van der Waals surface area (Å²) in [4.78, 5) is 4.38. The molecule has 0 aliphatic carbocycles. The minimum atomic E-state index is 0.712. The summed E-state index contributed by atoms with van der Waals surface area (Å²) in [5.74, 6) is 0. The smallest absolute Gasteiger partial charge is 0.267 e. The third kappa shape index (κ3) is 1.70. The molecular weight excluding hydrogens is 221 g/mol. The van der Waals surface area contributed by atoms with Crippen molar-refractivity contribution in [3.05, 3.63) is 47.8 Å². The van der Waals surface area contributed by atoms with Gasteiger partial charge < -0.3 is 4.59 Å². The van der Waals surface area contributed by atoms with Crippen LogP contribution in [0, 0.1) is 13.8 Å². The molecule has 0 bridgehead atoms. The van der Waals surface area contributed by atoms with Crippen molar-refractivity contribution in [3.63, 3.8) is 0 Å². The van der Waals surface area contributed by atoms with Crippen molar-refractivity contribution in [2.24, 2.45) is 0 Å². The summed E-state index contributed by atoms with van der Waals surface area (Å²) in [5, 5.41) is 5.17. The van der Waals surface area contributed by atoms with Crippen LogP contribution in [-0.4, -0.2) is 22.7 Å². The normalized spacial score (nSPS) is 11.0. The van der Waals surface area contributed by atoms with Crippen LogP contribution >= 0.6 is 0 Å². The zero-order valence-corrected chi connectivity index (χ0v) is 10.4. The summed E-state index contributed by atoms with van der Waals surface area (Å²) in [6, 6.07) is 10.4. The average molecular weight is 233 g/mol. The average Bonchev–Trinajstić information content (AvgIpc) is 2.65. The van der Waals surface area contributed by atoms with Gasteiger partial charge in [0.05, 0.1) is 5.69 Å². The largest absolute Gasteiger partial charge is 0.309 e. The topological polar surface area (TPSA) is 30.7 Å². The summed E-state index contributed by atoms with van der Waals surface area (Å²) in [6.07, 6.45) is 1.83. The van der Waals surface area contributed by atoms with E-state index in [-0.39, 0.29) is 0 Å². The highest BCUT2D eigenvalue weighted by atomic mass is 15.2. The Labute approximate surface area is 107 Å². The third-order valence-corrected chi connectivity index (χ3v) is 3.08. The van der Waals surface area contributed by atoms with Crippen molar-refractivity contribution < 1.29 is 0 Å². The Morgan fingerprint density at radius 2 is 1.94 bits per heavy atom. The van der Waals surface area contributed by atoms with E-state index in [1.165, 1.54) is 10.2 Å². The Morgan fingerprint density at radius 3 is 2.72 bits per heavy atom. The summed E-state index contributed by atoms with van der Waals surface area (Å²) < 4.78 is 1.32. The lowest BCUT2D eigenvalue weighted by Crippen LogP contribution is -1.94. The lowest BCUT2D eigenvalue weighted by atomic mass is 10.0. The molecule has 0 saturated heterocycles. The molecule has 0 unspecified atom stereocenters. The molecule has 3 rings (SSSR count). The van der Waals surface area contributed by atoms with Gasteiger partial charge in [-0.3, -0.25) is 0 Å². The molecule has 0 amide bonds. The van der Waals surface area contributed by atoms with Gasteiger partial charge in [0.2, 0.25) is 0 Å². The minimum Gasteiger partial charge on any atom is -0.309 e. The van der Waals surface area contributed by atoms with Crippen molar-refractivity contribution in [2.75, 3.05) is 0 Å². The van der Waals surface area contributed by atoms with Gasteiger partial charge in [0.15, 0.2) is 0 Å². The van der Waals surface area contributed by atoms with E-state index in [0.29, 0.717) is 5.65 Å². The minimum absolute atomic E-state index is 0.712.